The van der Waals surface area contributed by atoms with E-state index in [9.17, 15) is 0 Å². The van der Waals surface area contributed by atoms with E-state index in [4.69, 9.17) is 5.73 Å². The lowest BCUT2D eigenvalue weighted by Crippen LogP contribution is -2.17. The van der Waals surface area contributed by atoms with E-state index in [2.05, 4.69) is 48.9 Å². The van der Waals surface area contributed by atoms with Gasteiger partial charge in [-0.15, -0.1) is 0 Å². The fourth-order valence-electron chi connectivity index (χ4n) is 1.98. The number of aromatic nitrogens is 3. The van der Waals surface area contributed by atoms with Gasteiger partial charge in [0.25, 0.3) is 0 Å². The molecule has 19 heavy (non-hydrogen) atoms. The Hall–Kier alpha value is -0.720. The predicted molar refractivity (Wildman–Crippen MR) is 82.9 cm³/mol. The molecule has 0 fully saturated rings. The number of halogens is 2. The molecule has 102 valence electrons. The van der Waals surface area contributed by atoms with Crippen molar-refractivity contribution in [2.75, 3.05) is 0 Å². The monoisotopic (exact) mass is 386 g/mol. The van der Waals surface area contributed by atoms with Gasteiger partial charge in [0, 0.05) is 23.6 Å². The van der Waals surface area contributed by atoms with Gasteiger partial charge < -0.3 is 5.73 Å². The topological polar surface area (TPSA) is 56.7 Å². The van der Waals surface area contributed by atoms with Crippen LogP contribution in [0.5, 0.6) is 0 Å². The van der Waals surface area contributed by atoms with E-state index >= 15 is 0 Å². The molecule has 2 heterocycles. The van der Waals surface area contributed by atoms with Crippen molar-refractivity contribution in [3.63, 3.8) is 0 Å². The molecule has 6 heteroatoms. The van der Waals surface area contributed by atoms with Crippen LogP contribution in [0.1, 0.15) is 30.0 Å². The molecule has 0 saturated heterocycles. The van der Waals surface area contributed by atoms with E-state index < -0.39 is 0 Å². The normalized spacial score (nSPS) is 12.7. The third-order valence-corrected chi connectivity index (χ3v) is 4.50. The molecule has 2 N–H and O–H groups in total. The maximum Gasteiger partial charge on any atom is 0.0738 e. The molecule has 2 rings (SSSR count). The summed E-state index contributed by atoms with van der Waals surface area (Å²) in [5.41, 5.74) is 9.24. The van der Waals surface area contributed by atoms with Crippen molar-refractivity contribution in [1.82, 2.24) is 14.8 Å². The molecule has 0 saturated carbocycles. The van der Waals surface area contributed by atoms with Crippen LogP contribution in [0, 0.1) is 6.92 Å². The second-order valence-corrected chi connectivity index (χ2v) is 6.08. The average Bonchev–Trinajstić information content (AvgIpc) is 2.67. The lowest BCUT2D eigenvalue weighted by atomic mass is 10.1. The Bertz CT molecular complexity index is 563. The minimum absolute atomic E-state index is 0.134. The molecular weight excluding hydrogens is 372 g/mol. The van der Waals surface area contributed by atoms with Crippen LogP contribution in [0.25, 0.3) is 0 Å². The Balaban J connectivity index is 2.23. The summed E-state index contributed by atoms with van der Waals surface area (Å²) in [6, 6.07) is 3.77. The quantitative estimate of drug-likeness (QED) is 0.874. The van der Waals surface area contributed by atoms with Gasteiger partial charge in [-0.2, -0.15) is 5.10 Å². The predicted octanol–water partition coefficient (Wildman–Crippen LogP) is 3.37. The Labute approximate surface area is 129 Å². The molecule has 2 aromatic heterocycles. The van der Waals surface area contributed by atoms with Gasteiger partial charge in [0.05, 0.1) is 27.6 Å². The number of hydrogen-bond donors (Lipinski definition) is 1. The number of aryl methyl sites for hydroxylation is 2. The molecule has 0 spiro atoms. The van der Waals surface area contributed by atoms with Gasteiger partial charge in [-0.05, 0) is 57.8 Å². The highest BCUT2D eigenvalue weighted by molar-refractivity contribution is 9.10. The maximum atomic E-state index is 6.24. The highest BCUT2D eigenvalue weighted by Gasteiger charge is 2.17. The van der Waals surface area contributed by atoms with Gasteiger partial charge in [0.1, 0.15) is 0 Å². The first-order valence-electron chi connectivity index (χ1n) is 6.11. The van der Waals surface area contributed by atoms with E-state index in [0.717, 1.165) is 32.6 Å². The zero-order valence-electron chi connectivity index (χ0n) is 10.9. The Kier molecular flexibility index (Phi) is 4.76. The van der Waals surface area contributed by atoms with Crippen molar-refractivity contribution in [2.45, 2.75) is 32.9 Å². The van der Waals surface area contributed by atoms with E-state index in [-0.39, 0.29) is 6.04 Å². The summed E-state index contributed by atoms with van der Waals surface area (Å²) in [7, 11) is 0. The van der Waals surface area contributed by atoms with Gasteiger partial charge in [-0.1, -0.05) is 0 Å². The number of pyridine rings is 1. The molecule has 0 aromatic carbocycles. The van der Waals surface area contributed by atoms with Crippen LogP contribution in [-0.2, 0) is 13.0 Å². The summed E-state index contributed by atoms with van der Waals surface area (Å²) >= 11 is 6.96. The highest BCUT2D eigenvalue weighted by atomic mass is 79.9. The van der Waals surface area contributed by atoms with Gasteiger partial charge in [0.2, 0.25) is 0 Å². The van der Waals surface area contributed by atoms with Crippen molar-refractivity contribution in [1.29, 1.82) is 0 Å². The number of nitrogens with two attached hydrogens (primary N) is 1. The smallest absolute Gasteiger partial charge is 0.0738 e. The fraction of sp³-hybridized carbons (Fsp3) is 0.385. The van der Waals surface area contributed by atoms with E-state index in [1.807, 2.05) is 23.7 Å². The third-order valence-electron chi connectivity index (χ3n) is 3.00. The molecule has 1 atom stereocenters. The first-order valence-corrected chi connectivity index (χ1v) is 7.70. The van der Waals surface area contributed by atoms with Crippen molar-refractivity contribution in [3.8, 4) is 0 Å². The first-order chi connectivity index (χ1) is 9.02. The molecule has 4 nitrogen and oxygen atoms in total. The fourth-order valence-corrected chi connectivity index (χ4v) is 2.66. The van der Waals surface area contributed by atoms with Crippen LogP contribution >= 0.6 is 31.9 Å². The van der Waals surface area contributed by atoms with Crippen molar-refractivity contribution in [3.05, 3.63) is 44.4 Å². The van der Waals surface area contributed by atoms with Crippen LogP contribution < -0.4 is 5.73 Å². The summed E-state index contributed by atoms with van der Waals surface area (Å²) in [5.74, 6) is 0. The third kappa shape index (κ3) is 3.24. The summed E-state index contributed by atoms with van der Waals surface area (Å²) in [6.07, 6.45) is 2.48. The Morgan fingerprint density at radius 2 is 2.11 bits per heavy atom. The number of nitrogens with zero attached hydrogens (tertiary/aromatic N) is 3. The molecular formula is C13H16Br2N4. The summed E-state index contributed by atoms with van der Waals surface area (Å²) in [5, 5.41) is 4.48. The minimum Gasteiger partial charge on any atom is -0.322 e. The van der Waals surface area contributed by atoms with Gasteiger partial charge >= 0.3 is 0 Å². The van der Waals surface area contributed by atoms with Gasteiger partial charge in [-0.3, -0.25) is 9.67 Å². The molecule has 0 aliphatic rings. The standard InChI is InChI=1S/C13H16Br2N4/c1-3-19-12(13(15)8(2)18-19)6-10(16)11-5-4-9(14)7-17-11/h4-5,7,10H,3,6,16H2,1-2H3. The van der Waals surface area contributed by atoms with Crippen LogP contribution in [0.3, 0.4) is 0 Å². The van der Waals surface area contributed by atoms with Gasteiger partial charge in [0.15, 0.2) is 0 Å². The minimum atomic E-state index is -0.134. The maximum absolute atomic E-state index is 6.24. The Morgan fingerprint density at radius 3 is 2.68 bits per heavy atom. The highest BCUT2D eigenvalue weighted by Crippen LogP contribution is 2.25. The molecule has 0 aliphatic heterocycles. The lowest BCUT2D eigenvalue weighted by molar-refractivity contribution is 0.581. The van der Waals surface area contributed by atoms with E-state index in [0.29, 0.717) is 6.42 Å². The molecule has 2 aromatic rings. The second kappa shape index (κ2) is 6.15. The SMILES string of the molecule is CCn1nc(C)c(Br)c1CC(N)c1ccc(Br)cn1. The van der Waals surface area contributed by atoms with Crippen LogP contribution in [0.15, 0.2) is 27.3 Å². The summed E-state index contributed by atoms with van der Waals surface area (Å²) in [4.78, 5) is 4.35. The van der Waals surface area contributed by atoms with Crippen LogP contribution in [0.4, 0.5) is 0 Å². The van der Waals surface area contributed by atoms with Crippen molar-refractivity contribution in [2.24, 2.45) is 5.73 Å². The van der Waals surface area contributed by atoms with Crippen molar-refractivity contribution < 1.29 is 0 Å². The van der Waals surface area contributed by atoms with E-state index in [1.165, 1.54) is 0 Å². The first kappa shape index (κ1) is 14.7. The van der Waals surface area contributed by atoms with E-state index in [1.54, 1.807) is 6.20 Å². The lowest BCUT2D eigenvalue weighted by Gasteiger charge is -2.12. The molecule has 1 unspecified atom stereocenters. The number of hydrogen-bond acceptors (Lipinski definition) is 3. The molecule has 0 aliphatic carbocycles. The zero-order chi connectivity index (χ0) is 14.0. The summed E-state index contributed by atoms with van der Waals surface area (Å²) in [6.45, 7) is 4.90. The Morgan fingerprint density at radius 1 is 1.37 bits per heavy atom. The van der Waals surface area contributed by atoms with Crippen molar-refractivity contribution >= 4 is 31.9 Å². The molecule has 0 radical (unpaired) electrons. The van der Waals surface area contributed by atoms with Crippen LogP contribution in [0.2, 0.25) is 0 Å². The summed E-state index contributed by atoms with van der Waals surface area (Å²) < 4.78 is 3.99. The molecule has 0 amide bonds. The second-order valence-electron chi connectivity index (χ2n) is 4.37. The van der Waals surface area contributed by atoms with Gasteiger partial charge in [-0.25, -0.2) is 0 Å². The zero-order valence-corrected chi connectivity index (χ0v) is 14.1. The largest absolute Gasteiger partial charge is 0.322 e. The van der Waals surface area contributed by atoms with Crippen LogP contribution in [-0.4, -0.2) is 14.8 Å². The molecule has 0 bridgehead atoms. The average molecular weight is 388 g/mol. The number of rotatable bonds is 4.